The Labute approximate surface area is 848 Å². The lowest BCUT2D eigenvalue weighted by Crippen LogP contribution is -2.41. The number of rotatable bonds is 21. The number of carbonyl (C=O) groups is 6. The maximum Gasteiger partial charge on any atom is 0.506 e. The van der Waals surface area contributed by atoms with Gasteiger partial charge in [-0.2, -0.15) is 25.5 Å². The molecule has 0 bridgehead atoms. The van der Waals surface area contributed by atoms with Crippen LogP contribution in [0.4, 0.5) is 4.79 Å². The van der Waals surface area contributed by atoms with E-state index in [4.69, 9.17) is 18.7 Å². The summed E-state index contributed by atoms with van der Waals surface area (Å²) in [6.45, 7) is 29.9. The fourth-order valence-corrected chi connectivity index (χ4v) is 21.9. The quantitative estimate of drug-likeness (QED) is 0.0180. The van der Waals surface area contributed by atoms with Crippen molar-refractivity contribution in [2.75, 3.05) is 7.11 Å². The number of carboxylic acid groups (broad SMARTS) is 1. The van der Waals surface area contributed by atoms with Crippen LogP contribution in [0.25, 0.3) is 107 Å². The van der Waals surface area contributed by atoms with Crippen LogP contribution in [-0.2, 0) is 57.8 Å². The van der Waals surface area contributed by atoms with E-state index in [1.54, 1.807) is 69.7 Å². The number of esters is 1. The number of carbonyl (C=O) groups excluding carboxylic acids is 5. The Morgan fingerprint density at radius 1 is 0.453 bits per heavy atom. The molecule has 19 aromatic rings. The number of H-pyrrole nitrogens is 7. The van der Waals surface area contributed by atoms with E-state index in [1.807, 2.05) is 103 Å². The first-order valence-electron chi connectivity index (χ1n) is 42.7. The Morgan fingerprint density at radius 3 is 1.23 bits per heavy atom. The first-order chi connectivity index (χ1) is 65.1. The van der Waals surface area contributed by atoms with Crippen LogP contribution in [0, 0.1) is 11.1 Å². The van der Waals surface area contributed by atoms with E-state index >= 15 is 0 Å². The predicted molar refractivity (Wildman–Crippen MR) is 570 cm³/mol. The Bertz CT molecular complexity index is 7540. The van der Waals surface area contributed by atoms with Crippen molar-refractivity contribution < 1.29 is 67.4 Å². The van der Waals surface area contributed by atoms with Crippen molar-refractivity contribution >= 4 is 273 Å². The molecule has 0 atom stereocenters. The smallest absolute Gasteiger partial charge is 0.477 e. The molecule has 44 heteroatoms. The van der Waals surface area contributed by atoms with E-state index in [9.17, 15) is 43.9 Å². The lowest BCUT2D eigenvalue weighted by atomic mass is 9.86. The SMILES string of the molecule is CC(C)(C)OC(=O)n1c(B(O)O)cc2cc(CO[Si](C)(C)C(C)(C)C)ccc21.CC(C)(C)[Si](C)(C)OCc1ccc2[nH]c(-c3n[nH]c4cc(C(=O)NCc5ccccn5)sc34)cc2c1.COC(=O)c1cc2n[nH]c(I)c2s1.O=C(NCc1ccccn1)c1cc2[nH]nc(-c3cc4cc(CO)ccc4[nH]3)c2s1.O=C(NCc1ccccn1)c1cc2n[nH]c(I)c2s1.O=C(O)c1cc2n[nH]c(I)c2s1. The predicted octanol–water partition coefficient (Wildman–Crippen LogP) is 20.3. The average Bonchev–Trinajstić information content (AvgIpc) is 1.63. The summed E-state index contributed by atoms with van der Waals surface area (Å²) < 4.78 is 31.5. The monoisotopic (exact) mass is 2310 g/mol. The van der Waals surface area contributed by atoms with E-state index in [2.05, 4.69) is 256 Å². The Hall–Kier alpha value is -11.1. The van der Waals surface area contributed by atoms with Gasteiger partial charge in [-0.1, -0.05) is 77.9 Å². The standard InChI is InChI=1S/C27H31N5O2SSi.C21H17N5O2S.C20H32BNO5Si.C12H9IN4OS.C7H5IN2O2S.C6H3IN2O2S/c1-27(2,3)36(4,5)34-16-17-9-10-20-18(12-17)13-21(30-20)24-25-22(31-32-24)14-23(35-25)26(33)29-15-19-8-6-7-11-28-19;27-11-12-4-5-15-13(7-12)8-16(24-15)19-20-17(25-26-19)9-18(29-20)21(28)23-10-14-3-1-2-6-22-14;1-19(2,3)27-18(23)22-16-10-9-14(11-15(16)12-17(22)21(24)25)13-26-28(7,8)20(4,5)6;13-11-10-8(16-17-11)5-9(19-10)12(18)15-6-7-3-1-2-4-14-7;1-12-7(11)4-2-3-5(13-4)6(8)10-9-3;7-5-4-2(8-9-5)1-3(12-4)6(10)11/h6-14,30H,15-16H2,1-5H3,(H,29,33)(H,31,32);1-9,24,27H,10-11H2,(H,23,28)(H,25,26);9-12,24-25H,13H2,1-8H3;1-5H,6H2,(H,15,18)(H,16,17);2H,1H3,(H,9,10);1H,(H,8,9)(H,10,11). The third-order valence-electron chi connectivity index (χ3n) is 22.4. The zero-order valence-corrected chi connectivity index (χ0v) is 89.2. The van der Waals surface area contributed by atoms with Crippen molar-refractivity contribution in [3.8, 4) is 22.8 Å². The summed E-state index contributed by atoms with van der Waals surface area (Å²) in [6, 6.07) is 49.1. The van der Waals surface area contributed by atoms with E-state index < -0.39 is 41.4 Å². The summed E-state index contributed by atoms with van der Waals surface area (Å²) in [6.07, 6.45) is 4.50. The molecule has 3 amide bonds. The number of pyridine rings is 3. The highest BCUT2D eigenvalue weighted by Gasteiger charge is 2.39. The minimum absolute atomic E-state index is 0.00496. The normalized spacial score (nSPS) is 11.8. The number of aliphatic hydroxyl groups is 1. The van der Waals surface area contributed by atoms with Crippen LogP contribution in [0.3, 0.4) is 0 Å². The van der Waals surface area contributed by atoms with Crippen LogP contribution in [0.2, 0.25) is 36.3 Å². The molecule has 3 aromatic carbocycles. The van der Waals surface area contributed by atoms with Crippen molar-refractivity contribution in [2.45, 2.75) is 144 Å². The van der Waals surface area contributed by atoms with Crippen molar-refractivity contribution in [3.05, 3.63) is 246 Å². The Balaban J connectivity index is 0.000000136. The number of aromatic amines is 7. The highest BCUT2D eigenvalue weighted by Crippen LogP contribution is 2.42. The van der Waals surface area contributed by atoms with Gasteiger partial charge in [0.1, 0.15) is 54.4 Å². The van der Waals surface area contributed by atoms with Gasteiger partial charge in [0.05, 0.1) is 135 Å². The first-order valence-corrected chi connectivity index (χ1v) is 55.8. The van der Waals surface area contributed by atoms with Gasteiger partial charge in [-0.25, -0.2) is 14.4 Å². The van der Waals surface area contributed by atoms with Gasteiger partial charge < -0.3 is 64.5 Å². The summed E-state index contributed by atoms with van der Waals surface area (Å²) >= 11 is 13.3. The number of ether oxygens (including phenoxy) is 2. The largest absolute Gasteiger partial charge is 0.506 e. The Kier molecular flexibility index (Phi) is 32.3. The molecular weight excluding hydrogens is 2220 g/mol. The molecule has 0 aliphatic rings. The molecule has 0 spiro atoms. The number of thiophene rings is 5. The minimum Gasteiger partial charge on any atom is -0.477 e. The minimum atomic E-state index is -1.88. The van der Waals surface area contributed by atoms with Gasteiger partial charge in [0, 0.05) is 45.8 Å². The number of nitrogens with zero attached hydrogens (tertiary/aromatic N) is 9. The third kappa shape index (κ3) is 25.0. The number of hydrogen-bond acceptors (Lipinski definition) is 26. The molecule has 0 unspecified atom stereocenters. The zero-order valence-electron chi connectivity index (χ0n) is 76.6. The number of halogens is 3. The number of hydrogen-bond donors (Lipinski definition) is 14. The number of fused-ring (bicyclic) bond motifs is 8. The number of aliphatic hydroxyl groups excluding tert-OH is 1. The zero-order chi connectivity index (χ0) is 98.2. The molecule has 710 valence electrons. The van der Waals surface area contributed by atoms with Crippen LogP contribution < -0.4 is 21.5 Å². The number of nitrogens with one attached hydrogen (secondary N) is 10. The molecule has 0 aliphatic heterocycles. The molecule has 0 fully saturated rings. The molecule has 0 radical (unpaired) electrons. The van der Waals surface area contributed by atoms with Crippen LogP contribution in [-0.4, -0.2) is 173 Å². The number of aromatic nitrogens is 16. The molecule has 16 heterocycles. The lowest BCUT2D eigenvalue weighted by molar-refractivity contribution is 0.0545. The van der Waals surface area contributed by atoms with Gasteiger partial charge >= 0.3 is 25.2 Å². The highest BCUT2D eigenvalue weighted by atomic mass is 127. The molecule has 33 nitrogen and oxygen atoms in total. The van der Waals surface area contributed by atoms with E-state index in [1.165, 1.54) is 68.4 Å². The average molecular weight is 2310 g/mol. The third-order valence-corrected chi connectivity index (χ3v) is 40.4. The number of aromatic carboxylic acids is 1. The summed E-state index contributed by atoms with van der Waals surface area (Å²) in [5.41, 5.74) is 14.8. The highest BCUT2D eigenvalue weighted by molar-refractivity contribution is 14.1. The van der Waals surface area contributed by atoms with Crippen molar-refractivity contribution in [3.63, 3.8) is 0 Å². The van der Waals surface area contributed by atoms with Gasteiger partial charge in [-0.3, -0.25) is 59.4 Å². The van der Waals surface area contributed by atoms with Crippen molar-refractivity contribution in [1.82, 2.24) is 96.4 Å². The fourth-order valence-electron chi connectivity index (χ4n) is 13.1. The topological polar surface area (TPSA) is 475 Å². The number of amides is 3. The second-order valence-corrected chi connectivity index (χ2v) is 53.5. The van der Waals surface area contributed by atoms with Gasteiger partial charge in [-0.05, 0) is 263 Å². The molecule has 0 aliphatic carbocycles. The van der Waals surface area contributed by atoms with Crippen LogP contribution in [0.15, 0.2) is 176 Å². The fraction of sp³-hybridized carbons (Fsp3) is 0.247. The molecule has 0 saturated carbocycles. The summed E-state index contributed by atoms with van der Waals surface area (Å²) in [4.78, 5) is 93.9. The number of methoxy groups -OCH3 is 1. The maximum atomic E-state index is 12.7. The van der Waals surface area contributed by atoms with Gasteiger partial charge in [-0.15, -0.1) is 56.7 Å². The van der Waals surface area contributed by atoms with Crippen molar-refractivity contribution in [1.29, 1.82) is 0 Å². The number of carboxylic acids is 1. The molecule has 14 N–H and O–H groups in total. The summed E-state index contributed by atoms with van der Waals surface area (Å²) in [5, 5.41) is 84.9. The van der Waals surface area contributed by atoms with Crippen LogP contribution >= 0.6 is 124 Å². The van der Waals surface area contributed by atoms with Gasteiger partial charge in [0.25, 0.3) is 17.7 Å². The number of benzene rings is 3. The molecule has 137 heavy (non-hydrogen) atoms. The molecule has 19 rings (SSSR count). The second kappa shape index (κ2) is 43.5. The van der Waals surface area contributed by atoms with E-state index in [-0.39, 0.29) is 46.0 Å². The van der Waals surface area contributed by atoms with E-state index in [0.717, 1.165) is 146 Å². The van der Waals surface area contributed by atoms with E-state index in [0.29, 0.717) is 62.8 Å². The van der Waals surface area contributed by atoms with Gasteiger partial charge in [0.15, 0.2) is 16.6 Å². The lowest BCUT2D eigenvalue weighted by Gasteiger charge is -2.36. The van der Waals surface area contributed by atoms with Crippen molar-refractivity contribution in [2.24, 2.45) is 0 Å². The molecule has 0 saturated heterocycles. The second-order valence-electron chi connectivity index (χ2n) is 35.4. The van der Waals surface area contributed by atoms with Crippen LogP contribution in [0.5, 0.6) is 0 Å². The Morgan fingerprint density at radius 2 is 0.839 bits per heavy atom. The first kappa shape index (κ1) is 102. The molecular formula is C93H97BI3N19O14S5Si2. The maximum absolute atomic E-state index is 12.7. The van der Waals surface area contributed by atoms with Crippen LogP contribution in [0.1, 0.15) is 144 Å². The summed E-state index contributed by atoms with van der Waals surface area (Å²) in [5.74, 6) is -1.55. The molecule has 16 aromatic heterocycles. The van der Waals surface area contributed by atoms with Gasteiger partial charge in [0.2, 0.25) is 0 Å². The summed E-state index contributed by atoms with van der Waals surface area (Å²) in [7, 11) is -4.11.